The summed E-state index contributed by atoms with van der Waals surface area (Å²) in [5.74, 6) is 2.26. The lowest BCUT2D eigenvalue weighted by atomic mass is 9.94. The number of carbonyl (C=O) groups is 1. The van der Waals surface area contributed by atoms with Crippen LogP contribution in [0.3, 0.4) is 0 Å². The van der Waals surface area contributed by atoms with Crippen molar-refractivity contribution in [1.29, 1.82) is 0 Å². The van der Waals surface area contributed by atoms with Crippen LogP contribution in [0.15, 0.2) is 21.0 Å². The van der Waals surface area contributed by atoms with E-state index in [9.17, 15) is 4.79 Å². The number of nitrogens with zero attached hydrogens (tertiary/aromatic N) is 3. The topological polar surface area (TPSA) is 91.5 Å². The molecule has 0 atom stereocenters. The second kappa shape index (κ2) is 9.39. The molecule has 7 nitrogen and oxygen atoms in total. The van der Waals surface area contributed by atoms with Gasteiger partial charge in [-0.15, -0.1) is 11.8 Å². The number of β-amino-alcohol motifs (C(OH)–C–C–N with tert-alkyl or cyclic N) is 1. The Kier molecular flexibility index (Phi) is 7.14. The summed E-state index contributed by atoms with van der Waals surface area (Å²) in [5, 5.41) is 12.6. The van der Waals surface area contributed by atoms with Gasteiger partial charge in [0.05, 0.1) is 29.0 Å². The molecule has 2 N–H and O–H groups in total. The molecular formula is C19H28N4O3S2. The first kappa shape index (κ1) is 21.3. The van der Waals surface area contributed by atoms with Gasteiger partial charge in [-0.3, -0.25) is 4.79 Å². The first-order chi connectivity index (χ1) is 13.3. The molecule has 1 aliphatic heterocycles. The number of anilines is 1. The van der Waals surface area contributed by atoms with E-state index in [1.165, 1.54) is 11.3 Å². The van der Waals surface area contributed by atoms with Gasteiger partial charge in [-0.05, 0) is 25.9 Å². The van der Waals surface area contributed by atoms with E-state index in [1.807, 2.05) is 0 Å². The summed E-state index contributed by atoms with van der Waals surface area (Å²) in [5.41, 5.74) is -0.0495. The Hall–Kier alpha value is -1.42. The highest BCUT2D eigenvalue weighted by Crippen LogP contribution is 2.32. The molecule has 154 valence electrons. The number of rotatable bonds is 7. The zero-order valence-electron chi connectivity index (χ0n) is 16.6. The minimum Gasteiger partial charge on any atom is -0.444 e. The molecule has 1 amide bonds. The average Bonchev–Trinajstić information content (AvgIpc) is 3.30. The lowest BCUT2D eigenvalue weighted by Gasteiger charge is -2.30. The van der Waals surface area contributed by atoms with Crippen molar-refractivity contribution in [1.82, 2.24) is 14.9 Å². The molecule has 2 aromatic heterocycles. The average molecular weight is 425 g/mol. The molecule has 0 unspecified atom stereocenters. The van der Waals surface area contributed by atoms with Crippen molar-refractivity contribution in [3.8, 4) is 0 Å². The van der Waals surface area contributed by atoms with Crippen LogP contribution in [0.1, 0.15) is 45.3 Å². The molecule has 0 radical (unpaired) electrons. The van der Waals surface area contributed by atoms with Gasteiger partial charge in [-0.25, -0.2) is 9.97 Å². The molecule has 3 heterocycles. The predicted molar refractivity (Wildman–Crippen MR) is 112 cm³/mol. The fourth-order valence-corrected chi connectivity index (χ4v) is 4.74. The zero-order valence-corrected chi connectivity index (χ0v) is 18.2. The molecule has 1 saturated heterocycles. The summed E-state index contributed by atoms with van der Waals surface area (Å²) in [6.45, 7) is 8.84. The van der Waals surface area contributed by atoms with Gasteiger partial charge in [-0.2, -0.15) is 0 Å². The van der Waals surface area contributed by atoms with Gasteiger partial charge < -0.3 is 19.7 Å². The van der Waals surface area contributed by atoms with Crippen molar-refractivity contribution < 1.29 is 14.3 Å². The molecule has 0 bridgehead atoms. The van der Waals surface area contributed by atoms with Crippen LogP contribution in [0.4, 0.5) is 5.13 Å². The number of thiazole rings is 1. The number of aliphatic hydroxyl groups excluding tert-OH is 1. The maximum Gasteiger partial charge on any atom is 0.229 e. The molecule has 1 fully saturated rings. The van der Waals surface area contributed by atoms with Crippen LogP contribution in [-0.2, 0) is 16.0 Å². The van der Waals surface area contributed by atoms with E-state index in [0.29, 0.717) is 23.3 Å². The maximum absolute atomic E-state index is 12.5. The van der Waals surface area contributed by atoms with Crippen LogP contribution in [0.2, 0.25) is 0 Å². The molecule has 0 aromatic carbocycles. The summed E-state index contributed by atoms with van der Waals surface area (Å²) in [4.78, 5) is 23.3. The number of oxazole rings is 1. The number of aromatic nitrogens is 2. The normalized spacial score (nSPS) is 16.4. The largest absolute Gasteiger partial charge is 0.444 e. The van der Waals surface area contributed by atoms with Crippen LogP contribution < -0.4 is 5.32 Å². The molecule has 0 spiro atoms. The Morgan fingerprint density at radius 1 is 1.36 bits per heavy atom. The SMILES string of the molecule is CC(C)(C)c1cnc(CSc2cnc(NC(=O)C3CCN(CCO)CC3)s2)o1. The fraction of sp³-hybridized carbons (Fsp3) is 0.632. The second-order valence-electron chi connectivity index (χ2n) is 7.97. The predicted octanol–water partition coefficient (Wildman–Crippen LogP) is 3.36. The minimum atomic E-state index is -0.0495. The van der Waals surface area contributed by atoms with Gasteiger partial charge >= 0.3 is 0 Å². The minimum absolute atomic E-state index is 0.0121. The quantitative estimate of drug-likeness (QED) is 0.659. The van der Waals surface area contributed by atoms with E-state index < -0.39 is 0 Å². The Morgan fingerprint density at radius 3 is 2.75 bits per heavy atom. The second-order valence-corrected chi connectivity index (χ2v) is 10.3. The van der Waals surface area contributed by atoms with Gasteiger partial charge in [0.15, 0.2) is 5.13 Å². The Morgan fingerprint density at radius 2 is 2.11 bits per heavy atom. The molecule has 0 saturated carbocycles. The van der Waals surface area contributed by atoms with Crippen molar-refractivity contribution in [2.75, 3.05) is 31.6 Å². The maximum atomic E-state index is 12.5. The van der Waals surface area contributed by atoms with Crippen molar-refractivity contribution in [3.63, 3.8) is 0 Å². The van der Waals surface area contributed by atoms with E-state index in [2.05, 4.69) is 41.0 Å². The Labute approximate surface area is 173 Å². The van der Waals surface area contributed by atoms with Gasteiger partial charge in [0.1, 0.15) is 5.76 Å². The zero-order chi connectivity index (χ0) is 20.1. The van der Waals surface area contributed by atoms with Gasteiger partial charge in [0, 0.05) is 17.9 Å². The number of carbonyl (C=O) groups excluding carboxylic acids is 1. The number of hydrogen-bond acceptors (Lipinski definition) is 8. The van der Waals surface area contributed by atoms with Crippen molar-refractivity contribution in [3.05, 3.63) is 24.0 Å². The lowest BCUT2D eigenvalue weighted by Crippen LogP contribution is -2.39. The van der Waals surface area contributed by atoms with Crippen LogP contribution >= 0.6 is 23.1 Å². The summed E-state index contributed by atoms with van der Waals surface area (Å²) >= 11 is 3.08. The highest BCUT2D eigenvalue weighted by Gasteiger charge is 2.25. The third kappa shape index (κ3) is 5.79. The molecule has 28 heavy (non-hydrogen) atoms. The smallest absolute Gasteiger partial charge is 0.229 e. The van der Waals surface area contributed by atoms with Crippen LogP contribution in [-0.4, -0.2) is 52.1 Å². The number of thioether (sulfide) groups is 1. The Balaban J connectivity index is 1.46. The third-order valence-electron chi connectivity index (χ3n) is 4.72. The summed E-state index contributed by atoms with van der Waals surface area (Å²) in [7, 11) is 0. The van der Waals surface area contributed by atoms with E-state index >= 15 is 0 Å². The highest BCUT2D eigenvalue weighted by molar-refractivity contribution is 8.00. The van der Waals surface area contributed by atoms with Crippen LogP contribution in [0.5, 0.6) is 0 Å². The summed E-state index contributed by atoms with van der Waals surface area (Å²) < 4.78 is 6.83. The third-order valence-corrected chi connectivity index (χ3v) is 6.81. The first-order valence-electron chi connectivity index (χ1n) is 9.53. The van der Waals surface area contributed by atoms with Crippen LogP contribution in [0, 0.1) is 5.92 Å². The number of likely N-dealkylation sites (tertiary alicyclic amines) is 1. The first-order valence-corrected chi connectivity index (χ1v) is 11.3. The van der Waals surface area contributed by atoms with E-state index in [1.54, 1.807) is 24.2 Å². The van der Waals surface area contributed by atoms with Crippen molar-refractivity contribution >= 4 is 34.1 Å². The fourth-order valence-electron chi connectivity index (χ4n) is 3.01. The molecule has 3 rings (SSSR count). The summed E-state index contributed by atoms with van der Waals surface area (Å²) in [6.07, 6.45) is 5.21. The van der Waals surface area contributed by atoms with Crippen molar-refractivity contribution in [2.24, 2.45) is 5.92 Å². The molecule has 1 aliphatic rings. The molecular weight excluding hydrogens is 396 g/mol. The van der Waals surface area contributed by atoms with E-state index in [4.69, 9.17) is 9.52 Å². The number of hydrogen-bond donors (Lipinski definition) is 2. The van der Waals surface area contributed by atoms with Crippen LogP contribution in [0.25, 0.3) is 0 Å². The lowest BCUT2D eigenvalue weighted by molar-refractivity contribution is -0.121. The standard InChI is InChI=1S/C19H28N4O3S2/c1-19(2,3)14-10-20-15(26-14)12-27-16-11-21-18(28-16)22-17(25)13-4-6-23(7-5-13)8-9-24/h10-11,13,24H,4-9,12H2,1-3H3,(H,21,22,25). The summed E-state index contributed by atoms with van der Waals surface area (Å²) in [6, 6.07) is 0. The van der Waals surface area contributed by atoms with E-state index in [0.717, 1.165) is 35.9 Å². The van der Waals surface area contributed by atoms with Crippen molar-refractivity contribution in [2.45, 2.75) is 49.0 Å². The van der Waals surface area contributed by atoms with E-state index in [-0.39, 0.29) is 23.8 Å². The number of piperidine rings is 1. The molecule has 0 aliphatic carbocycles. The van der Waals surface area contributed by atoms with Gasteiger partial charge in [0.25, 0.3) is 0 Å². The monoisotopic (exact) mass is 424 g/mol. The Bertz CT molecular complexity index is 776. The highest BCUT2D eigenvalue weighted by atomic mass is 32.2. The molecule has 2 aromatic rings. The number of amides is 1. The number of aliphatic hydroxyl groups is 1. The molecule has 9 heteroatoms. The van der Waals surface area contributed by atoms with Gasteiger partial charge in [0.2, 0.25) is 11.8 Å². The van der Waals surface area contributed by atoms with Gasteiger partial charge in [-0.1, -0.05) is 32.1 Å². The number of nitrogens with one attached hydrogen (secondary N) is 1.